The molecular weight excluding hydrogens is 391 g/mol. The Hall–Kier alpha value is -2.25. The van der Waals surface area contributed by atoms with Crippen molar-refractivity contribution in [2.24, 2.45) is 15.7 Å². The molecule has 0 saturated carbocycles. The van der Waals surface area contributed by atoms with Crippen LogP contribution in [0.1, 0.15) is 82.3 Å². The zero-order valence-corrected chi connectivity index (χ0v) is 17.8. The van der Waals surface area contributed by atoms with Crippen LogP contribution < -0.4 is 16.4 Å². The van der Waals surface area contributed by atoms with E-state index in [4.69, 9.17) is 5.73 Å². The fraction of sp³-hybridized carbons (Fsp3) is 0.636. The van der Waals surface area contributed by atoms with Gasteiger partial charge in [-0.25, -0.2) is 9.98 Å². The van der Waals surface area contributed by atoms with Crippen molar-refractivity contribution < 1.29 is 13.2 Å². The molecule has 4 N–H and O–H groups in total. The van der Waals surface area contributed by atoms with E-state index < -0.39 is 11.7 Å². The van der Waals surface area contributed by atoms with Crippen molar-refractivity contribution in [2.45, 2.75) is 90.0 Å². The first-order chi connectivity index (χ1) is 14.4. The zero-order valence-electron chi connectivity index (χ0n) is 17.8. The largest absolute Gasteiger partial charge is 0.416 e. The molecule has 0 bridgehead atoms. The summed E-state index contributed by atoms with van der Waals surface area (Å²) in [7, 11) is 0. The SMILES string of the molecule is CCCCCCCCCCCC1N=C(N)NC(=NCc2ccc(C(F)(F)F)cc2)N1. The summed E-state index contributed by atoms with van der Waals surface area (Å²) >= 11 is 0. The number of guanidine groups is 2. The molecule has 30 heavy (non-hydrogen) atoms. The topological polar surface area (TPSA) is 74.8 Å². The standard InChI is InChI=1S/C22H34F3N5/c1-2-3-4-5-6-7-8-9-10-11-19-28-20(26)30-21(29-19)27-16-17-12-14-18(15-13-17)22(23,24)25/h12-15,19H,2-11,16H2,1H3,(H4,26,27,28,29,30). The maximum Gasteiger partial charge on any atom is 0.416 e. The summed E-state index contributed by atoms with van der Waals surface area (Å²) in [6.45, 7) is 2.49. The molecule has 0 spiro atoms. The first-order valence-corrected chi connectivity index (χ1v) is 11.0. The Bertz CT molecular complexity index is 683. The smallest absolute Gasteiger partial charge is 0.370 e. The molecule has 0 saturated heterocycles. The molecule has 8 heteroatoms. The highest BCUT2D eigenvalue weighted by Crippen LogP contribution is 2.29. The Morgan fingerprint density at radius 1 is 0.967 bits per heavy atom. The lowest BCUT2D eigenvalue weighted by Gasteiger charge is -2.24. The molecule has 1 aliphatic rings. The Kier molecular flexibility index (Phi) is 9.97. The van der Waals surface area contributed by atoms with Gasteiger partial charge in [-0.05, 0) is 30.5 Å². The number of nitrogens with two attached hydrogens (primary N) is 1. The zero-order chi connectivity index (χ0) is 21.8. The number of unbranched alkanes of at least 4 members (excludes halogenated alkanes) is 8. The van der Waals surface area contributed by atoms with Gasteiger partial charge in [-0.1, -0.05) is 70.4 Å². The number of benzene rings is 1. The van der Waals surface area contributed by atoms with Crippen molar-refractivity contribution in [2.75, 3.05) is 0 Å². The van der Waals surface area contributed by atoms with Crippen LogP contribution in [0.25, 0.3) is 0 Å². The number of hydrogen-bond donors (Lipinski definition) is 3. The second kappa shape index (κ2) is 12.4. The van der Waals surface area contributed by atoms with Gasteiger partial charge in [0, 0.05) is 0 Å². The van der Waals surface area contributed by atoms with Gasteiger partial charge >= 0.3 is 6.18 Å². The number of rotatable bonds is 12. The summed E-state index contributed by atoms with van der Waals surface area (Å²) in [5, 5.41) is 6.08. The second-order valence-electron chi connectivity index (χ2n) is 7.78. The third-order valence-electron chi connectivity index (χ3n) is 5.13. The summed E-state index contributed by atoms with van der Waals surface area (Å²) < 4.78 is 37.9. The number of aliphatic imine (C=N–C) groups is 2. The number of nitrogens with zero attached hydrogens (tertiary/aromatic N) is 2. The number of nitrogens with one attached hydrogen (secondary N) is 2. The molecule has 1 aromatic carbocycles. The summed E-state index contributed by atoms with van der Waals surface area (Å²) in [6, 6.07) is 5.01. The minimum atomic E-state index is -4.33. The van der Waals surface area contributed by atoms with Crippen LogP contribution in [0.4, 0.5) is 13.2 Å². The highest BCUT2D eigenvalue weighted by Gasteiger charge is 2.29. The van der Waals surface area contributed by atoms with Gasteiger partial charge in [0.05, 0.1) is 12.1 Å². The van der Waals surface area contributed by atoms with Crippen molar-refractivity contribution in [1.29, 1.82) is 0 Å². The minimum absolute atomic E-state index is 0.123. The van der Waals surface area contributed by atoms with E-state index in [9.17, 15) is 13.2 Å². The van der Waals surface area contributed by atoms with Crippen LogP contribution >= 0.6 is 0 Å². The molecule has 0 radical (unpaired) electrons. The monoisotopic (exact) mass is 425 g/mol. The van der Waals surface area contributed by atoms with Crippen molar-refractivity contribution >= 4 is 11.9 Å². The molecule has 0 aromatic heterocycles. The van der Waals surface area contributed by atoms with Crippen molar-refractivity contribution in [3.05, 3.63) is 35.4 Å². The quantitative estimate of drug-likeness (QED) is 0.397. The van der Waals surface area contributed by atoms with Crippen LogP contribution in [0.2, 0.25) is 0 Å². The summed E-state index contributed by atoms with van der Waals surface area (Å²) in [5.74, 6) is 0.809. The number of alkyl halides is 3. The third-order valence-corrected chi connectivity index (χ3v) is 5.13. The van der Waals surface area contributed by atoms with Crippen molar-refractivity contribution in [3.63, 3.8) is 0 Å². The average molecular weight is 426 g/mol. The molecule has 1 aliphatic heterocycles. The van der Waals surface area contributed by atoms with Gasteiger partial charge in [-0.15, -0.1) is 0 Å². The summed E-state index contributed by atoms with van der Waals surface area (Å²) in [4.78, 5) is 8.75. The molecule has 1 heterocycles. The fourth-order valence-electron chi connectivity index (χ4n) is 3.39. The summed E-state index contributed by atoms with van der Waals surface area (Å²) in [6.07, 6.45) is 7.80. The van der Waals surface area contributed by atoms with Gasteiger partial charge in [0.25, 0.3) is 0 Å². The van der Waals surface area contributed by atoms with E-state index in [0.717, 1.165) is 25.0 Å². The predicted octanol–water partition coefficient (Wildman–Crippen LogP) is 5.32. The van der Waals surface area contributed by atoms with Crippen LogP contribution in [-0.2, 0) is 12.7 Å². The van der Waals surface area contributed by atoms with E-state index in [2.05, 4.69) is 27.5 Å². The molecule has 1 atom stereocenters. The fourth-order valence-corrected chi connectivity index (χ4v) is 3.39. The highest BCUT2D eigenvalue weighted by atomic mass is 19.4. The minimum Gasteiger partial charge on any atom is -0.370 e. The van der Waals surface area contributed by atoms with E-state index in [1.165, 1.54) is 63.5 Å². The maximum atomic E-state index is 12.6. The Morgan fingerprint density at radius 3 is 2.17 bits per heavy atom. The molecule has 2 rings (SSSR count). The van der Waals surface area contributed by atoms with E-state index in [-0.39, 0.29) is 12.7 Å². The molecule has 5 nitrogen and oxygen atoms in total. The number of hydrogen-bond acceptors (Lipinski definition) is 3. The van der Waals surface area contributed by atoms with Gasteiger partial charge in [0.1, 0.15) is 6.17 Å². The molecular formula is C22H34F3N5. The van der Waals surface area contributed by atoms with Crippen LogP contribution in [0.15, 0.2) is 34.3 Å². The van der Waals surface area contributed by atoms with Crippen LogP contribution in [0.5, 0.6) is 0 Å². The predicted molar refractivity (Wildman–Crippen MR) is 116 cm³/mol. The van der Waals surface area contributed by atoms with Gasteiger partial charge in [0.15, 0.2) is 11.9 Å². The van der Waals surface area contributed by atoms with E-state index in [1.807, 2.05) is 0 Å². The van der Waals surface area contributed by atoms with E-state index >= 15 is 0 Å². The third kappa shape index (κ3) is 9.05. The van der Waals surface area contributed by atoms with Gasteiger partial charge in [0.2, 0.25) is 0 Å². The molecule has 1 unspecified atom stereocenters. The summed E-state index contributed by atoms with van der Waals surface area (Å²) in [5.41, 5.74) is 5.88. The van der Waals surface area contributed by atoms with Crippen LogP contribution in [0.3, 0.4) is 0 Å². The molecule has 1 aromatic rings. The Balaban J connectivity index is 1.71. The van der Waals surface area contributed by atoms with Crippen LogP contribution in [0, 0.1) is 0 Å². The highest BCUT2D eigenvalue weighted by molar-refractivity contribution is 5.99. The molecule has 168 valence electrons. The molecule has 0 aliphatic carbocycles. The van der Waals surface area contributed by atoms with E-state index in [0.29, 0.717) is 17.5 Å². The van der Waals surface area contributed by atoms with E-state index in [1.54, 1.807) is 0 Å². The first-order valence-electron chi connectivity index (χ1n) is 11.0. The second-order valence-corrected chi connectivity index (χ2v) is 7.78. The van der Waals surface area contributed by atoms with Crippen LogP contribution in [-0.4, -0.2) is 18.1 Å². The maximum absolute atomic E-state index is 12.6. The Morgan fingerprint density at radius 2 is 1.57 bits per heavy atom. The van der Waals surface area contributed by atoms with Gasteiger partial charge in [-0.2, -0.15) is 13.2 Å². The molecule has 0 amide bonds. The number of halogens is 3. The lowest BCUT2D eigenvalue weighted by atomic mass is 10.1. The van der Waals surface area contributed by atoms with Crippen molar-refractivity contribution in [3.8, 4) is 0 Å². The molecule has 0 fully saturated rings. The lowest BCUT2D eigenvalue weighted by Crippen LogP contribution is -2.53. The first kappa shape index (κ1) is 24.0. The Labute approximate surface area is 177 Å². The normalized spacial score (nSPS) is 18.1. The van der Waals surface area contributed by atoms with Gasteiger partial charge in [-0.3, -0.25) is 5.32 Å². The van der Waals surface area contributed by atoms with Gasteiger partial charge < -0.3 is 11.1 Å². The average Bonchev–Trinajstić information content (AvgIpc) is 2.70. The van der Waals surface area contributed by atoms with Crippen molar-refractivity contribution in [1.82, 2.24) is 10.6 Å². The lowest BCUT2D eigenvalue weighted by molar-refractivity contribution is -0.137.